The first-order valence-corrected chi connectivity index (χ1v) is 8.37. The van der Waals surface area contributed by atoms with Gasteiger partial charge in [-0.15, -0.1) is 0 Å². The first-order valence-electron chi connectivity index (χ1n) is 8.37. The molecule has 1 unspecified atom stereocenters. The van der Waals surface area contributed by atoms with Crippen molar-refractivity contribution in [2.45, 2.75) is 26.5 Å². The molecule has 0 amide bonds. The van der Waals surface area contributed by atoms with Gasteiger partial charge < -0.3 is 19.0 Å². The molecule has 2 aromatic rings. The van der Waals surface area contributed by atoms with Gasteiger partial charge in [-0.05, 0) is 50.7 Å². The molecule has 0 bridgehead atoms. The highest BCUT2D eigenvalue weighted by molar-refractivity contribution is 5.55. The SMILES string of the molecule is C/C=C/c1ccc(OCC(O)CN(C)Cc2ccc(C)o2)c(OC)c1. The number of nitrogens with zero attached hydrogens (tertiary/aromatic N) is 1. The van der Waals surface area contributed by atoms with Crippen molar-refractivity contribution in [2.24, 2.45) is 0 Å². The lowest BCUT2D eigenvalue weighted by Gasteiger charge is -2.20. The normalized spacial score (nSPS) is 12.7. The van der Waals surface area contributed by atoms with E-state index in [1.54, 1.807) is 7.11 Å². The van der Waals surface area contributed by atoms with Crippen LogP contribution >= 0.6 is 0 Å². The number of aryl methyl sites for hydroxylation is 1. The Morgan fingerprint density at radius 3 is 2.68 bits per heavy atom. The Morgan fingerprint density at radius 1 is 1.24 bits per heavy atom. The number of hydrogen-bond donors (Lipinski definition) is 1. The molecular weight excluding hydrogens is 318 g/mol. The number of ether oxygens (including phenoxy) is 2. The van der Waals surface area contributed by atoms with Crippen LogP contribution in [0.2, 0.25) is 0 Å². The Hall–Kier alpha value is -2.24. The van der Waals surface area contributed by atoms with E-state index < -0.39 is 6.10 Å². The van der Waals surface area contributed by atoms with E-state index in [1.807, 2.05) is 68.3 Å². The van der Waals surface area contributed by atoms with Gasteiger partial charge in [0.25, 0.3) is 0 Å². The molecule has 0 aliphatic heterocycles. The summed E-state index contributed by atoms with van der Waals surface area (Å²) in [5.74, 6) is 3.05. The maximum Gasteiger partial charge on any atom is 0.161 e. The number of allylic oxidation sites excluding steroid dienone is 1. The molecule has 25 heavy (non-hydrogen) atoms. The van der Waals surface area contributed by atoms with Crippen molar-refractivity contribution >= 4 is 6.08 Å². The van der Waals surface area contributed by atoms with Gasteiger partial charge in [0, 0.05) is 6.54 Å². The average molecular weight is 345 g/mol. The number of hydrogen-bond acceptors (Lipinski definition) is 5. The van der Waals surface area contributed by atoms with E-state index in [1.165, 1.54) is 0 Å². The summed E-state index contributed by atoms with van der Waals surface area (Å²) in [7, 11) is 3.55. The van der Waals surface area contributed by atoms with Crippen LogP contribution in [0.15, 0.2) is 40.8 Å². The molecule has 0 saturated heterocycles. The largest absolute Gasteiger partial charge is 0.493 e. The van der Waals surface area contributed by atoms with E-state index in [4.69, 9.17) is 13.9 Å². The molecule has 0 radical (unpaired) electrons. The summed E-state index contributed by atoms with van der Waals surface area (Å²) >= 11 is 0. The van der Waals surface area contributed by atoms with Crippen molar-refractivity contribution in [3.05, 3.63) is 53.5 Å². The van der Waals surface area contributed by atoms with E-state index >= 15 is 0 Å². The first-order chi connectivity index (χ1) is 12.0. The Bertz CT molecular complexity index is 693. The van der Waals surface area contributed by atoms with E-state index in [0.717, 1.165) is 17.1 Å². The Kier molecular flexibility index (Phi) is 7.10. The molecule has 1 aromatic heterocycles. The quantitative estimate of drug-likeness (QED) is 0.754. The predicted molar refractivity (Wildman–Crippen MR) is 99.0 cm³/mol. The molecule has 0 aliphatic rings. The Balaban J connectivity index is 1.85. The lowest BCUT2D eigenvalue weighted by molar-refractivity contribution is 0.0714. The van der Waals surface area contributed by atoms with Crippen LogP contribution in [-0.4, -0.2) is 43.4 Å². The smallest absolute Gasteiger partial charge is 0.161 e. The van der Waals surface area contributed by atoms with E-state index in [0.29, 0.717) is 24.6 Å². The summed E-state index contributed by atoms with van der Waals surface area (Å²) in [5.41, 5.74) is 1.04. The second-order valence-corrected chi connectivity index (χ2v) is 6.08. The van der Waals surface area contributed by atoms with Gasteiger partial charge in [-0.1, -0.05) is 18.2 Å². The maximum absolute atomic E-state index is 10.2. The highest BCUT2D eigenvalue weighted by atomic mass is 16.5. The van der Waals surface area contributed by atoms with E-state index in [9.17, 15) is 5.11 Å². The number of benzene rings is 1. The van der Waals surface area contributed by atoms with Gasteiger partial charge in [-0.25, -0.2) is 0 Å². The monoisotopic (exact) mass is 345 g/mol. The molecule has 5 heteroatoms. The van der Waals surface area contributed by atoms with E-state index in [2.05, 4.69) is 0 Å². The van der Waals surface area contributed by atoms with Crippen molar-refractivity contribution in [2.75, 3.05) is 27.3 Å². The van der Waals surface area contributed by atoms with Crippen molar-refractivity contribution in [1.82, 2.24) is 4.90 Å². The summed E-state index contributed by atoms with van der Waals surface area (Å²) in [6, 6.07) is 9.61. The zero-order chi connectivity index (χ0) is 18.2. The number of furan rings is 1. The molecule has 0 aliphatic carbocycles. The third-order valence-electron chi connectivity index (χ3n) is 3.72. The van der Waals surface area contributed by atoms with Crippen LogP contribution in [-0.2, 0) is 6.54 Å². The summed E-state index contributed by atoms with van der Waals surface area (Å²) in [5, 5.41) is 10.2. The average Bonchev–Trinajstić information content (AvgIpc) is 2.98. The van der Waals surface area contributed by atoms with Crippen LogP contribution in [0, 0.1) is 6.92 Å². The number of aliphatic hydroxyl groups is 1. The molecule has 1 N–H and O–H groups in total. The van der Waals surface area contributed by atoms with Gasteiger partial charge in [0.1, 0.15) is 24.2 Å². The van der Waals surface area contributed by atoms with E-state index in [-0.39, 0.29) is 6.61 Å². The van der Waals surface area contributed by atoms with Gasteiger partial charge in [-0.3, -0.25) is 4.90 Å². The highest BCUT2D eigenvalue weighted by Crippen LogP contribution is 2.28. The molecule has 1 atom stereocenters. The minimum atomic E-state index is -0.610. The van der Waals surface area contributed by atoms with Crippen molar-refractivity contribution in [3.8, 4) is 11.5 Å². The molecule has 0 saturated carbocycles. The highest BCUT2D eigenvalue weighted by Gasteiger charge is 2.13. The van der Waals surface area contributed by atoms with Crippen LogP contribution in [0.4, 0.5) is 0 Å². The van der Waals surface area contributed by atoms with Crippen LogP contribution in [0.25, 0.3) is 6.08 Å². The third-order valence-corrected chi connectivity index (χ3v) is 3.72. The molecule has 1 heterocycles. The minimum absolute atomic E-state index is 0.195. The summed E-state index contributed by atoms with van der Waals surface area (Å²) < 4.78 is 16.6. The summed E-state index contributed by atoms with van der Waals surface area (Å²) in [6.07, 6.45) is 3.35. The second kappa shape index (κ2) is 9.30. The molecule has 0 spiro atoms. The molecule has 5 nitrogen and oxygen atoms in total. The molecule has 1 aromatic carbocycles. The zero-order valence-corrected chi connectivity index (χ0v) is 15.4. The maximum atomic E-state index is 10.2. The predicted octanol–water partition coefficient (Wildman–Crippen LogP) is 3.50. The Labute approximate surface area is 149 Å². The van der Waals surface area contributed by atoms with Gasteiger partial charge in [0.05, 0.1) is 13.7 Å². The third kappa shape index (κ3) is 5.96. The van der Waals surface area contributed by atoms with Gasteiger partial charge >= 0.3 is 0 Å². The topological polar surface area (TPSA) is 55.1 Å². The summed E-state index contributed by atoms with van der Waals surface area (Å²) in [4.78, 5) is 2.00. The minimum Gasteiger partial charge on any atom is -0.493 e. The molecule has 2 rings (SSSR count). The van der Waals surface area contributed by atoms with Gasteiger partial charge in [0.15, 0.2) is 11.5 Å². The van der Waals surface area contributed by atoms with Crippen LogP contribution in [0.3, 0.4) is 0 Å². The van der Waals surface area contributed by atoms with Crippen LogP contribution in [0.1, 0.15) is 24.0 Å². The first kappa shape index (κ1) is 19.1. The fourth-order valence-corrected chi connectivity index (χ4v) is 2.60. The Morgan fingerprint density at radius 2 is 2.04 bits per heavy atom. The fourth-order valence-electron chi connectivity index (χ4n) is 2.60. The lowest BCUT2D eigenvalue weighted by Crippen LogP contribution is -2.32. The standard InChI is InChI=1S/C20H27NO4/c1-5-6-16-8-10-19(20(11-16)23-4)24-14-17(22)12-21(3)13-18-9-7-15(2)25-18/h5-11,17,22H,12-14H2,1-4H3/b6-5+. The van der Waals surface area contributed by atoms with Crippen LogP contribution < -0.4 is 9.47 Å². The zero-order valence-electron chi connectivity index (χ0n) is 15.4. The van der Waals surface area contributed by atoms with Gasteiger partial charge in [-0.2, -0.15) is 0 Å². The van der Waals surface area contributed by atoms with Gasteiger partial charge in [0.2, 0.25) is 0 Å². The number of aliphatic hydroxyl groups excluding tert-OH is 1. The lowest BCUT2D eigenvalue weighted by atomic mass is 10.2. The van der Waals surface area contributed by atoms with Crippen LogP contribution in [0.5, 0.6) is 11.5 Å². The number of methoxy groups -OCH3 is 1. The van der Waals surface area contributed by atoms with Crippen molar-refractivity contribution < 1.29 is 19.0 Å². The molecule has 0 fully saturated rings. The van der Waals surface area contributed by atoms with Crippen molar-refractivity contribution in [3.63, 3.8) is 0 Å². The fraction of sp³-hybridized carbons (Fsp3) is 0.400. The number of rotatable bonds is 9. The molecule has 136 valence electrons. The summed E-state index contributed by atoms with van der Waals surface area (Å²) in [6.45, 7) is 5.21. The van der Waals surface area contributed by atoms with Crippen molar-refractivity contribution in [1.29, 1.82) is 0 Å². The molecular formula is C20H27NO4. The second-order valence-electron chi connectivity index (χ2n) is 6.08. The number of likely N-dealkylation sites (N-methyl/N-ethyl adjacent to an activating group) is 1.